The first-order valence-electron chi connectivity index (χ1n) is 8.03. The fourth-order valence-corrected chi connectivity index (χ4v) is 2.19. The lowest BCUT2D eigenvalue weighted by atomic mass is 10.1. The number of hydrogen-bond donors (Lipinski definition) is 0. The van der Waals surface area contributed by atoms with Crippen LogP contribution < -0.4 is 0 Å². The number of aryl methyl sites for hydroxylation is 3. The van der Waals surface area contributed by atoms with Gasteiger partial charge < -0.3 is 0 Å². The van der Waals surface area contributed by atoms with Gasteiger partial charge >= 0.3 is 0 Å². The number of rotatable bonds is 7. The molecule has 0 atom stereocenters. The molecule has 0 aliphatic carbocycles. The van der Waals surface area contributed by atoms with Gasteiger partial charge in [0, 0.05) is 18.4 Å². The summed E-state index contributed by atoms with van der Waals surface area (Å²) in [7, 11) is 0. The van der Waals surface area contributed by atoms with Gasteiger partial charge in [-0.05, 0) is 19.8 Å². The van der Waals surface area contributed by atoms with E-state index in [1.807, 2.05) is 0 Å². The number of benzene rings is 1. The highest BCUT2D eigenvalue weighted by Crippen LogP contribution is 2.17. The Morgan fingerprint density at radius 3 is 1.76 bits per heavy atom. The zero-order valence-corrected chi connectivity index (χ0v) is 13.4. The van der Waals surface area contributed by atoms with Crippen molar-refractivity contribution >= 4 is 0 Å². The Kier molecular flexibility index (Phi) is 5.85. The van der Waals surface area contributed by atoms with Crippen molar-refractivity contribution < 1.29 is 0 Å². The van der Waals surface area contributed by atoms with Crippen LogP contribution in [0.4, 0.5) is 0 Å². The molecule has 0 saturated carbocycles. The maximum Gasteiger partial charge on any atom is 0.163 e. The molecular weight excluding hydrogens is 258 g/mol. The second kappa shape index (κ2) is 7.87. The van der Waals surface area contributed by atoms with Crippen molar-refractivity contribution in [3.05, 3.63) is 41.5 Å². The Labute approximate surface area is 127 Å². The van der Waals surface area contributed by atoms with Gasteiger partial charge in [0.25, 0.3) is 0 Å². The van der Waals surface area contributed by atoms with Gasteiger partial charge in [-0.2, -0.15) is 0 Å². The topological polar surface area (TPSA) is 38.7 Å². The summed E-state index contributed by atoms with van der Waals surface area (Å²) in [5.74, 6) is 2.70. The third-order valence-corrected chi connectivity index (χ3v) is 3.55. The summed E-state index contributed by atoms with van der Waals surface area (Å²) >= 11 is 0. The van der Waals surface area contributed by atoms with E-state index < -0.39 is 0 Å². The maximum atomic E-state index is 4.66. The standard InChI is InChI=1S/C18H25N3/c1-4-6-8-16-19-17(9-7-5-2)21-18(20-16)15-12-10-14(3)11-13-15/h10-13H,4-9H2,1-3H3. The van der Waals surface area contributed by atoms with Crippen molar-refractivity contribution in [3.63, 3.8) is 0 Å². The molecule has 0 fully saturated rings. The van der Waals surface area contributed by atoms with Crippen molar-refractivity contribution in [1.29, 1.82) is 0 Å². The van der Waals surface area contributed by atoms with Crippen molar-refractivity contribution in [2.45, 2.75) is 59.3 Å². The number of hydrogen-bond acceptors (Lipinski definition) is 3. The molecule has 112 valence electrons. The summed E-state index contributed by atoms with van der Waals surface area (Å²) in [6.45, 7) is 6.48. The molecule has 1 aromatic heterocycles. The zero-order chi connectivity index (χ0) is 15.1. The van der Waals surface area contributed by atoms with E-state index in [-0.39, 0.29) is 0 Å². The van der Waals surface area contributed by atoms with Crippen LogP contribution in [0.1, 0.15) is 56.7 Å². The average molecular weight is 283 g/mol. The molecule has 1 heterocycles. The molecular formula is C18H25N3. The quantitative estimate of drug-likeness (QED) is 0.749. The lowest BCUT2D eigenvalue weighted by Crippen LogP contribution is -2.06. The molecule has 2 aromatic rings. The summed E-state index contributed by atoms with van der Waals surface area (Å²) in [4.78, 5) is 13.9. The second-order valence-corrected chi connectivity index (χ2v) is 5.56. The number of nitrogens with zero attached hydrogens (tertiary/aromatic N) is 3. The summed E-state index contributed by atoms with van der Waals surface area (Å²) in [6.07, 6.45) is 6.47. The normalized spacial score (nSPS) is 10.8. The van der Waals surface area contributed by atoms with Crippen molar-refractivity contribution in [3.8, 4) is 11.4 Å². The van der Waals surface area contributed by atoms with E-state index in [9.17, 15) is 0 Å². The Balaban J connectivity index is 2.31. The highest BCUT2D eigenvalue weighted by atomic mass is 15.0. The van der Waals surface area contributed by atoms with Crippen LogP contribution in [0.2, 0.25) is 0 Å². The predicted molar refractivity (Wildman–Crippen MR) is 87.2 cm³/mol. The molecule has 3 heteroatoms. The first-order valence-corrected chi connectivity index (χ1v) is 8.03. The fourth-order valence-electron chi connectivity index (χ4n) is 2.19. The van der Waals surface area contributed by atoms with Gasteiger partial charge in [0.05, 0.1) is 0 Å². The Morgan fingerprint density at radius 1 is 0.762 bits per heavy atom. The van der Waals surface area contributed by atoms with Gasteiger partial charge in [0.15, 0.2) is 5.82 Å². The lowest BCUT2D eigenvalue weighted by Gasteiger charge is -2.07. The van der Waals surface area contributed by atoms with Crippen LogP contribution in [-0.2, 0) is 12.8 Å². The van der Waals surface area contributed by atoms with Crippen LogP contribution >= 0.6 is 0 Å². The largest absolute Gasteiger partial charge is 0.218 e. The van der Waals surface area contributed by atoms with E-state index in [4.69, 9.17) is 0 Å². The van der Waals surface area contributed by atoms with Crippen molar-refractivity contribution in [2.24, 2.45) is 0 Å². The average Bonchev–Trinajstić information content (AvgIpc) is 2.51. The molecule has 0 aliphatic heterocycles. The molecule has 21 heavy (non-hydrogen) atoms. The molecule has 0 N–H and O–H groups in total. The van der Waals surface area contributed by atoms with Crippen LogP contribution in [0, 0.1) is 6.92 Å². The third-order valence-electron chi connectivity index (χ3n) is 3.55. The smallest absolute Gasteiger partial charge is 0.163 e. The lowest BCUT2D eigenvalue weighted by molar-refractivity contribution is 0.702. The Morgan fingerprint density at radius 2 is 1.29 bits per heavy atom. The predicted octanol–water partition coefficient (Wildman–Crippen LogP) is 4.53. The molecule has 0 spiro atoms. The minimum atomic E-state index is 0.821. The number of aromatic nitrogens is 3. The molecule has 0 radical (unpaired) electrons. The molecule has 2 rings (SSSR count). The fraction of sp³-hybridized carbons (Fsp3) is 0.500. The van der Waals surface area contributed by atoms with E-state index in [2.05, 4.69) is 60.0 Å². The van der Waals surface area contributed by atoms with E-state index in [1.165, 1.54) is 5.56 Å². The molecule has 0 bridgehead atoms. The van der Waals surface area contributed by atoms with E-state index >= 15 is 0 Å². The van der Waals surface area contributed by atoms with Crippen molar-refractivity contribution in [1.82, 2.24) is 15.0 Å². The van der Waals surface area contributed by atoms with Gasteiger partial charge in [0.2, 0.25) is 0 Å². The van der Waals surface area contributed by atoms with Crippen LogP contribution in [0.3, 0.4) is 0 Å². The van der Waals surface area contributed by atoms with E-state index in [0.717, 1.165) is 61.6 Å². The van der Waals surface area contributed by atoms with Crippen LogP contribution in [0.15, 0.2) is 24.3 Å². The third kappa shape index (κ3) is 4.62. The van der Waals surface area contributed by atoms with Crippen LogP contribution in [0.25, 0.3) is 11.4 Å². The van der Waals surface area contributed by atoms with Gasteiger partial charge in [-0.25, -0.2) is 15.0 Å². The minimum absolute atomic E-state index is 0.821. The first kappa shape index (κ1) is 15.6. The van der Waals surface area contributed by atoms with Gasteiger partial charge in [-0.1, -0.05) is 56.5 Å². The summed E-state index contributed by atoms with van der Waals surface area (Å²) in [5.41, 5.74) is 2.34. The highest BCUT2D eigenvalue weighted by Gasteiger charge is 2.08. The van der Waals surface area contributed by atoms with Crippen molar-refractivity contribution in [2.75, 3.05) is 0 Å². The molecule has 1 aromatic carbocycles. The van der Waals surface area contributed by atoms with Crippen LogP contribution in [-0.4, -0.2) is 15.0 Å². The summed E-state index contributed by atoms with van der Waals surface area (Å²) in [5, 5.41) is 0. The molecule has 0 saturated heterocycles. The molecule has 3 nitrogen and oxygen atoms in total. The SMILES string of the molecule is CCCCc1nc(CCCC)nc(-c2ccc(C)cc2)n1. The number of unbranched alkanes of at least 4 members (excludes halogenated alkanes) is 2. The summed E-state index contributed by atoms with van der Waals surface area (Å²) < 4.78 is 0. The summed E-state index contributed by atoms with van der Waals surface area (Å²) in [6, 6.07) is 8.41. The Hall–Kier alpha value is -1.77. The monoisotopic (exact) mass is 283 g/mol. The van der Waals surface area contributed by atoms with E-state index in [0.29, 0.717) is 0 Å². The first-order chi connectivity index (χ1) is 10.2. The van der Waals surface area contributed by atoms with E-state index in [1.54, 1.807) is 0 Å². The maximum absolute atomic E-state index is 4.66. The van der Waals surface area contributed by atoms with Gasteiger partial charge in [0.1, 0.15) is 11.6 Å². The molecule has 0 aliphatic rings. The highest BCUT2D eigenvalue weighted by molar-refractivity contribution is 5.55. The van der Waals surface area contributed by atoms with Gasteiger partial charge in [-0.3, -0.25) is 0 Å². The van der Waals surface area contributed by atoms with Crippen LogP contribution in [0.5, 0.6) is 0 Å². The minimum Gasteiger partial charge on any atom is -0.218 e. The zero-order valence-electron chi connectivity index (χ0n) is 13.4. The Bertz CT molecular complexity index is 535. The van der Waals surface area contributed by atoms with Gasteiger partial charge in [-0.15, -0.1) is 0 Å². The molecule has 0 amide bonds. The molecule has 0 unspecified atom stereocenters. The second-order valence-electron chi connectivity index (χ2n) is 5.56.